The molecule has 4 heterocycles. The molecule has 2 bridgehead atoms. The Balaban J connectivity index is 1.91. The zero-order chi connectivity index (χ0) is 17.6. The number of esters is 1. The zero-order valence-electron chi connectivity index (χ0n) is 13.6. The van der Waals surface area contributed by atoms with E-state index in [4.69, 9.17) is 9.47 Å². The Morgan fingerprint density at radius 2 is 2.20 bits per heavy atom. The zero-order valence-corrected chi connectivity index (χ0v) is 13.6. The maximum absolute atomic E-state index is 14.3. The number of nitrogens with zero attached hydrogens (tertiary/aromatic N) is 2. The van der Waals surface area contributed by atoms with Crippen LogP contribution in [0.3, 0.4) is 0 Å². The number of ether oxygens (including phenoxy) is 2. The predicted molar refractivity (Wildman–Crippen MR) is 83.9 cm³/mol. The van der Waals surface area contributed by atoms with Crippen LogP contribution >= 0.6 is 0 Å². The smallest absolute Gasteiger partial charge is 0.356 e. The van der Waals surface area contributed by atoms with Crippen molar-refractivity contribution in [3.63, 3.8) is 0 Å². The second-order valence-corrected chi connectivity index (χ2v) is 6.15. The molecule has 2 aromatic heterocycles. The van der Waals surface area contributed by atoms with E-state index in [1.54, 1.807) is 6.92 Å². The van der Waals surface area contributed by atoms with E-state index < -0.39 is 17.6 Å². The summed E-state index contributed by atoms with van der Waals surface area (Å²) in [6, 6.07) is 2.26. The first-order chi connectivity index (χ1) is 12.1. The number of hydrogen-bond donors (Lipinski definition) is 0. The third-order valence-electron chi connectivity index (χ3n) is 4.55. The quantitative estimate of drug-likeness (QED) is 0.798. The van der Waals surface area contributed by atoms with Crippen LogP contribution in [-0.2, 0) is 15.9 Å². The molecule has 5 nitrogen and oxygen atoms in total. The molecule has 1 fully saturated rings. The van der Waals surface area contributed by atoms with E-state index >= 15 is 0 Å². The number of pyridine rings is 2. The number of rotatable bonds is 3. The molecule has 2 atom stereocenters. The van der Waals surface area contributed by atoms with Gasteiger partial charge in [0.2, 0.25) is 0 Å². The van der Waals surface area contributed by atoms with E-state index in [9.17, 15) is 13.6 Å². The fraction of sp³-hybridized carbons (Fsp3) is 0.389. The van der Waals surface area contributed by atoms with Crippen LogP contribution in [0.5, 0.6) is 0 Å². The number of halogens is 2. The van der Waals surface area contributed by atoms with Gasteiger partial charge < -0.3 is 9.47 Å². The predicted octanol–water partition coefficient (Wildman–Crippen LogP) is 3.37. The highest BCUT2D eigenvalue weighted by Crippen LogP contribution is 2.43. The lowest BCUT2D eigenvalue weighted by Crippen LogP contribution is -2.22. The number of hydrogen-bond acceptors (Lipinski definition) is 5. The molecule has 2 aromatic rings. The van der Waals surface area contributed by atoms with Gasteiger partial charge in [0.15, 0.2) is 5.82 Å². The highest BCUT2D eigenvalue weighted by atomic mass is 19.1. The van der Waals surface area contributed by atoms with Gasteiger partial charge >= 0.3 is 5.97 Å². The summed E-state index contributed by atoms with van der Waals surface area (Å²) in [4.78, 5) is 20.5. The lowest BCUT2D eigenvalue weighted by molar-refractivity contribution is 0.0291. The Bertz CT molecular complexity index is 856. The van der Waals surface area contributed by atoms with E-state index in [2.05, 4.69) is 9.97 Å². The van der Waals surface area contributed by atoms with E-state index in [-0.39, 0.29) is 30.2 Å². The summed E-state index contributed by atoms with van der Waals surface area (Å²) < 4.78 is 38.5. The van der Waals surface area contributed by atoms with Gasteiger partial charge in [-0.1, -0.05) is 0 Å². The highest BCUT2D eigenvalue weighted by molar-refractivity contribution is 5.89. The molecule has 0 amide bonds. The molecule has 0 aromatic carbocycles. The first-order valence-corrected chi connectivity index (χ1v) is 8.24. The average molecular weight is 346 g/mol. The van der Waals surface area contributed by atoms with Gasteiger partial charge in [-0.2, -0.15) is 0 Å². The van der Waals surface area contributed by atoms with Crippen molar-refractivity contribution in [2.75, 3.05) is 6.61 Å². The fourth-order valence-corrected chi connectivity index (χ4v) is 3.49. The Morgan fingerprint density at radius 1 is 1.36 bits per heavy atom. The third kappa shape index (κ3) is 2.78. The Morgan fingerprint density at radius 3 is 2.96 bits per heavy atom. The Hall–Kier alpha value is -2.41. The second kappa shape index (κ2) is 6.15. The standard InChI is InChI=1S/C18H16F2N2O3/c1-2-24-18(23)14-7-12(16-13(20)5-9(19)8-21-16)11-6-10-3-4-15(25-10)17(11)22-14/h5,7-8,10,15H,2-4,6H2,1H3/t10-,15+/m1/s1. The van der Waals surface area contributed by atoms with Gasteiger partial charge in [-0.05, 0) is 31.4 Å². The normalized spacial score (nSPS) is 21.1. The minimum Gasteiger partial charge on any atom is -0.461 e. The maximum Gasteiger partial charge on any atom is 0.356 e. The monoisotopic (exact) mass is 346 g/mol. The molecule has 2 aliphatic rings. The summed E-state index contributed by atoms with van der Waals surface area (Å²) in [7, 11) is 0. The number of carbonyl (C=O) groups is 1. The van der Waals surface area contributed by atoms with Crippen LogP contribution in [0.2, 0.25) is 0 Å². The largest absolute Gasteiger partial charge is 0.461 e. The van der Waals surface area contributed by atoms with Crippen LogP contribution < -0.4 is 0 Å². The molecule has 0 radical (unpaired) electrons. The van der Waals surface area contributed by atoms with Gasteiger partial charge in [-0.3, -0.25) is 4.98 Å². The first kappa shape index (κ1) is 16.1. The van der Waals surface area contributed by atoms with Crippen molar-refractivity contribution in [3.8, 4) is 11.3 Å². The molecule has 130 valence electrons. The van der Waals surface area contributed by atoms with Crippen molar-refractivity contribution in [2.24, 2.45) is 0 Å². The van der Waals surface area contributed by atoms with E-state index in [1.807, 2.05) is 0 Å². The lowest BCUT2D eigenvalue weighted by atomic mass is 9.94. The summed E-state index contributed by atoms with van der Waals surface area (Å²) in [5, 5.41) is 0. The van der Waals surface area contributed by atoms with Crippen LogP contribution in [-0.4, -0.2) is 28.6 Å². The van der Waals surface area contributed by atoms with Gasteiger partial charge in [0.05, 0.1) is 24.6 Å². The molecular formula is C18H16F2N2O3. The van der Waals surface area contributed by atoms with E-state index in [1.165, 1.54) is 6.07 Å². The fourth-order valence-electron chi connectivity index (χ4n) is 3.49. The lowest BCUT2D eigenvalue weighted by Gasteiger charge is -2.25. The molecule has 25 heavy (non-hydrogen) atoms. The van der Waals surface area contributed by atoms with Crippen LogP contribution in [0.4, 0.5) is 8.78 Å². The van der Waals surface area contributed by atoms with E-state index in [0.717, 1.165) is 30.7 Å². The summed E-state index contributed by atoms with van der Waals surface area (Å²) in [6.45, 7) is 1.90. The molecule has 0 N–H and O–H groups in total. The topological polar surface area (TPSA) is 61.3 Å². The van der Waals surface area contributed by atoms with Gasteiger partial charge in [0.1, 0.15) is 23.3 Å². The van der Waals surface area contributed by atoms with Crippen LogP contribution in [0.25, 0.3) is 11.3 Å². The molecule has 1 saturated heterocycles. The Labute approximate surface area is 143 Å². The van der Waals surface area contributed by atoms with Gasteiger partial charge in [0.25, 0.3) is 0 Å². The molecular weight excluding hydrogens is 330 g/mol. The second-order valence-electron chi connectivity index (χ2n) is 6.15. The molecule has 4 rings (SSSR count). The van der Waals surface area contributed by atoms with Crippen LogP contribution in [0.1, 0.15) is 47.6 Å². The van der Waals surface area contributed by atoms with Gasteiger partial charge in [-0.15, -0.1) is 0 Å². The number of aromatic nitrogens is 2. The van der Waals surface area contributed by atoms with E-state index in [0.29, 0.717) is 17.7 Å². The Kier molecular flexibility index (Phi) is 3.95. The van der Waals surface area contributed by atoms with Crippen molar-refractivity contribution in [3.05, 3.63) is 46.9 Å². The number of fused-ring (bicyclic) bond motifs is 4. The molecule has 0 saturated carbocycles. The third-order valence-corrected chi connectivity index (χ3v) is 4.55. The van der Waals surface area contributed by atoms with Crippen LogP contribution in [0, 0.1) is 11.6 Å². The highest BCUT2D eigenvalue weighted by Gasteiger charge is 2.37. The minimum atomic E-state index is -0.776. The minimum absolute atomic E-state index is 0.00639. The van der Waals surface area contributed by atoms with Gasteiger partial charge in [0, 0.05) is 18.1 Å². The average Bonchev–Trinajstić information content (AvgIpc) is 2.97. The summed E-state index contributed by atoms with van der Waals surface area (Å²) in [5.41, 5.74) is 1.97. The van der Waals surface area contributed by atoms with Crippen molar-refractivity contribution < 1.29 is 23.0 Å². The van der Waals surface area contributed by atoms with Crippen molar-refractivity contribution in [2.45, 2.75) is 38.4 Å². The summed E-state index contributed by atoms with van der Waals surface area (Å²) >= 11 is 0. The molecule has 7 heteroatoms. The number of carbonyl (C=O) groups excluding carboxylic acids is 1. The maximum atomic E-state index is 14.3. The summed E-state index contributed by atoms with van der Waals surface area (Å²) in [5.74, 6) is -2.12. The summed E-state index contributed by atoms with van der Waals surface area (Å²) in [6.07, 6.45) is 3.05. The van der Waals surface area contributed by atoms with Crippen molar-refractivity contribution >= 4 is 5.97 Å². The molecule has 0 spiro atoms. The van der Waals surface area contributed by atoms with Crippen molar-refractivity contribution in [1.82, 2.24) is 9.97 Å². The van der Waals surface area contributed by atoms with Crippen LogP contribution in [0.15, 0.2) is 18.3 Å². The first-order valence-electron chi connectivity index (χ1n) is 8.24. The molecule has 0 aliphatic carbocycles. The van der Waals surface area contributed by atoms with Gasteiger partial charge in [-0.25, -0.2) is 18.6 Å². The SMILES string of the molecule is CCOC(=O)c1cc(-c2ncc(F)cc2F)c2c(n1)[C@@H]1CC[C@H](C2)O1. The molecule has 0 unspecified atom stereocenters. The molecule has 2 aliphatic heterocycles. The van der Waals surface area contributed by atoms with Crippen molar-refractivity contribution in [1.29, 1.82) is 0 Å².